The van der Waals surface area contributed by atoms with Gasteiger partial charge < -0.3 is 5.32 Å². The molecule has 1 unspecified atom stereocenters. The van der Waals surface area contributed by atoms with Crippen molar-refractivity contribution in [3.8, 4) is 0 Å². The second kappa shape index (κ2) is 7.89. The molecule has 2 rings (SSSR count). The third-order valence-corrected chi connectivity index (χ3v) is 3.54. The van der Waals surface area contributed by atoms with Gasteiger partial charge in [-0.25, -0.2) is 8.78 Å². The maximum Gasteiger partial charge on any atom is 0.126 e. The summed E-state index contributed by atoms with van der Waals surface area (Å²) in [5, 5.41) is 3.31. The molecule has 0 bridgehead atoms. The Kier molecular flexibility index (Phi) is 5.88. The quantitative estimate of drug-likeness (QED) is 0.783. The average Bonchev–Trinajstić information content (AvgIpc) is 2.46. The molecule has 0 heterocycles. The van der Waals surface area contributed by atoms with Crippen LogP contribution in [0.3, 0.4) is 0 Å². The molecule has 1 atom stereocenters. The third kappa shape index (κ3) is 4.94. The fraction of sp³-hybridized carbons (Fsp3) is 0.333. The predicted octanol–water partition coefficient (Wildman–Crippen LogP) is 4.64. The first-order valence-electron chi connectivity index (χ1n) is 7.42. The van der Waals surface area contributed by atoms with Gasteiger partial charge in [-0.05, 0) is 49.1 Å². The lowest BCUT2D eigenvalue weighted by atomic mass is 9.98. The predicted molar refractivity (Wildman–Crippen MR) is 82.2 cm³/mol. The zero-order chi connectivity index (χ0) is 15.1. The molecule has 1 nitrogen and oxygen atoms in total. The maximum atomic E-state index is 13.3. The molecule has 0 aliphatic heterocycles. The minimum Gasteiger partial charge on any atom is -0.310 e. The lowest BCUT2D eigenvalue weighted by Crippen LogP contribution is -2.21. The van der Waals surface area contributed by atoms with Gasteiger partial charge in [0, 0.05) is 12.1 Å². The maximum absolute atomic E-state index is 13.3. The highest BCUT2D eigenvalue weighted by Crippen LogP contribution is 2.22. The Labute approximate surface area is 125 Å². The summed E-state index contributed by atoms with van der Waals surface area (Å²) in [5.41, 5.74) is 1.97. The number of hydrogen-bond acceptors (Lipinski definition) is 1. The largest absolute Gasteiger partial charge is 0.310 e. The lowest BCUT2D eigenvalue weighted by molar-refractivity contribution is 0.488. The standard InChI is InChI=1S/C18H21F2N/c1-2-21-18(15-11-16(19)13-17(20)12-15)10-6-9-14-7-4-3-5-8-14/h3-5,7-8,11-13,18,21H,2,6,9-10H2,1H3. The first-order valence-corrected chi connectivity index (χ1v) is 7.42. The highest BCUT2D eigenvalue weighted by atomic mass is 19.1. The van der Waals surface area contributed by atoms with E-state index < -0.39 is 11.6 Å². The van der Waals surface area contributed by atoms with E-state index in [-0.39, 0.29) is 6.04 Å². The van der Waals surface area contributed by atoms with Gasteiger partial charge in [-0.15, -0.1) is 0 Å². The van der Waals surface area contributed by atoms with Crippen molar-refractivity contribution in [3.63, 3.8) is 0 Å². The molecule has 2 aromatic carbocycles. The zero-order valence-corrected chi connectivity index (χ0v) is 12.3. The van der Waals surface area contributed by atoms with Crippen molar-refractivity contribution in [2.75, 3.05) is 6.54 Å². The van der Waals surface area contributed by atoms with Crippen LogP contribution in [0.25, 0.3) is 0 Å². The van der Waals surface area contributed by atoms with Crippen LogP contribution in [0.1, 0.15) is 36.9 Å². The van der Waals surface area contributed by atoms with E-state index in [0.29, 0.717) is 5.56 Å². The number of nitrogens with one attached hydrogen (secondary N) is 1. The van der Waals surface area contributed by atoms with Crippen molar-refractivity contribution in [1.29, 1.82) is 0 Å². The molecule has 2 aromatic rings. The molecule has 21 heavy (non-hydrogen) atoms. The van der Waals surface area contributed by atoms with Crippen LogP contribution < -0.4 is 5.32 Å². The first kappa shape index (κ1) is 15.6. The normalized spacial score (nSPS) is 12.3. The number of hydrogen-bond donors (Lipinski definition) is 1. The molecule has 0 aliphatic carbocycles. The van der Waals surface area contributed by atoms with Gasteiger partial charge >= 0.3 is 0 Å². The number of aryl methyl sites for hydroxylation is 1. The Balaban J connectivity index is 1.98. The molecule has 0 saturated heterocycles. The fourth-order valence-corrected chi connectivity index (χ4v) is 2.56. The highest BCUT2D eigenvalue weighted by Gasteiger charge is 2.12. The molecular formula is C18H21F2N. The summed E-state index contributed by atoms with van der Waals surface area (Å²) in [4.78, 5) is 0. The van der Waals surface area contributed by atoms with Gasteiger partial charge in [0.1, 0.15) is 11.6 Å². The number of halogens is 2. The van der Waals surface area contributed by atoms with Crippen LogP contribution >= 0.6 is 0 Å². The van der Waals surface area contributed by atoms with Gasteiger partial charge in [0.2, 0.25) is 0 Å². The Hall–Kier alpha value is -1.74. The number of rotatable bonds is 7. The summed E-state index contributed by atoms with van der Waals surface area (Å²) in [6.07, 6.45) is 2.80. The summed E-state index contributed by atoms with van der Waals surface area (Å²) in [6, 6.07) is 14.0. The average molecular weight is 289 g/mol. The van der Waals surface area contributed by atoms with Crippen LogP contribution in [-0.2, 0) is 6.42 Å². The van der Waals surface area contributed by atoms with Gasteiger partial charge in [-0.3, -0.25) is 0 Å². The molecule has 0 spiro atoms. The Morgan fingerprint density at radius 3 is 2.29 bits per heavy atom. The van der Waals surface area contributed by atoms with Crippen molar-refractivity contribution in [2.24, 2.45) is 0 Å². The summed E-state index contributed by atoms with van der Waals surface area (Å²) < 4.78 is 26.7. The van der Waals surface area contributed by atoms with Crippen LogP contribution in [0, 0.1) is 11.6 Å². The van der Waals surface area contributed by atoms with Crippen molar-refractivity contribution < 1.29 is 8.78 Å². The van der Waals surface area contributed by atoms with Crippen LogP contribution in [0.2, 0.25) is 0 Å². The van der Waals surface area contributed by atoms with Crippen LogP contribution in [0.4, 0.5) is 8.78 Å². The van der Waals surface area contributed by atoms with Gasteiger partial charge in [-0.2, -0.15) is 0 Å². The van der Waals surface area contributed by atoms with Gasteiger partial charge in [0.05, 0.1) is 0 Å². The molecular weight excluding hydrogens is 268 g/mol. The van der Waals surface area contributed by atoms with E-state index in [1.54, 1.807) is 0 Å². The highest BCUT2D eigenvalue weighted by molar-refractivity contribution is 5.21. The van der Waals surface area contributed by atoms with Crippen molar-refractivity contribution in [2.45, 2.75) is 32.2 Å². The first-order chi connectivity index (χ1) is 10.2. The Morgan fingerprint density at radius 2 is 1.67 bits per heavy atom. The van der Waals surface area contributed by atoms with E-state index in [1.165, 1.54) is 17.7 Å². The third-order valence-electron chi connectivity index (χ3n) is 3.54. The van der Waals surface area contributed by atoms with Crippen molar-refractivity contribution >= 4 is 0 Å². The van der Waals surface area contributed by atoms with Crippen molar-refractivity contribution in [3.05, 3.63) is 71.3 Å². The van der Waals surface area contributed by atoms with E-state index in [0.717, 1.165) is 31.9 Å². The van der Waals surface area contributed by atoms with Gasteiger partial charge in [0.25, 0.3) is 0 Å². The summed E-state index contributed by atoms with van der Waals surface area (Å²) in [6.45, 7) is 2.77. The molecule has 3 heteroatoms. The molecule has 1 N–H and O–H groups in total. The molecule has 0 aliphatic rings. The monoisotopic (exact) mass is 289 g/mol. The van der Waals surface area contributed by atoms with Gasteiger partial charge in [-0.1, -0.05) is 37.3 Å². The molecule has 0 aromatic heterocycles. The second-order valence-corrected chi connectivity index (χ2v) is 5.19. The van der Waals surface area contributed by atoms with Crippen LogP contribution in [-0.4, -0.2) is 6.54 Å². The smallest absolute Gasteiger partial charge is 0.126 e. The minimum atomic E-state index is -0.518. The van der Waals surface area contributed by atoms with E-state index >= 15 is 0 Å². The molecule has 0 radical (unpaired) electrons. The summed E-state index contributed by atoms with van der Waals surface area (Å²) in [7, 11) is 0. The van der Waals surface area contributed by atoms with E-state index in [2.05, 4.69) is 17.4 Å². The number of benzene rings is 2. The lowest BCUT2D eigenvalue weighted by Gasteiger charge is -2.18. The SMILES string of the molecule is CCNC(CCCc1ccccc1)c1cc(F)cc(F)c1. The Bertz CT molecular complexity index is 534. The minimum absolute atomic E-state index is 0.0103. The van der Waals surface area contributed by atoms with E-state index in [4.69, 9.17) is 0 Å². The summed E-state index contributed by atoms with van der Waals surface area (Å²) >= 11 is 0. The van der Waals surface area contributed by atoms with Crippen LogP contribution in [0.5, 0.6) is 0 Å². The van der Waals surface area contributed by atoms with Crippen LogP contribution in [0.15, 0.2) is 48.5 Å². The molecule has 112 valence electrons. The topological polar surface area (TPSA) is 12.0 Å². The molecule has 0 saturated carbocycles. The Morgan fingerprint density at radius 1 is 1.00 bits per heavy atom. The molecule has 0 amide bonds. The summed E-state index contributed by atoms with van der Waals surface area (Å²) in [5.74, 6) is -1.04. The zero-order valence-electron chi connectivity index (χ0n) is 12.3. The van der Waals surface area contributed by atoms with E-state index in [9.17, 15) is 8.78 Å². The van der Waals surface area contributed by atoms with E-state index in [1.807, 2.05) is 25.1 Å². The van der Waals surface area contributed by atoms with Gasteiger partial charge in [0.15, 0.2) is 0 Å². The second-order valence-electron chi connectivity index (χ2n) is 5.19. The fourth-order valence-electron chi connectivity index (χ4n) is 2.56. The molecule has 0 fully saturated rings. The van der Waals surface area contributed by atoms with Crippen molar-refractivity contribution in [1.82, 2.24) is 5.32 Å².